The number of aliphatic hydroxyl groups excluding tert-OH is 1. The Morgan fingerprint density at radius 3 is 2.83 bits per heavy atom. The van der Waals surface area contributed by atoms with Gasteiger partial charge in [0.05, 0.1) is 29.1 Å². The predicted molar refractivity (Wildman–Crippen MR) is 109 cm³/mol. The number of hydrogen-bond donors (Lipinski definition) is 4. The van der Waals surface area contributed by atoms with Crippen molar-refractivity contribution in [3.63, 3.8) is 0 Å². The van der Waals surface area contributed by atoms with Crippen LogP contribution < -0.4 is 16.2 Å². The lowest BCUT2D eigenvalue weighted by Gasteiger charge is -2.15. The van der Waals surface area contributed by atoms with Gasteiger partial charge >= 0.3 is 0 Å². The third-order valence-corrected chi connectivity index (χ3v) is 4.31. The summed E-state index contributed by atoms with van der Waals surface area (Å²) >= 11 is 0. The maximum absolute atomic E-state index is 14.3. The van der Waals surface area contributed by atoms with E-state index < -0.39 is 23.3 Å². The van der Waals surface area contributed by atoms with Crippen molar-refractivity contribution in [2.24, 2.45) is 0 Å². The van der Waals surface area contributed by atoms with E-state index in [9.17, 15) is 14.0 Å². The largest absolute Gasteiger partial charge is 0.394 e. The molecule has 29 heavy (non-hydrogen) atoms. The molecule has 0 bridgehead atoms. The van der Waals surface area contributed by atoms with E-state index in [-0.39, 0.29) is 23.3 Å². The number of halogens is 1. The molecule has 0 radical (unpaired) electrons. The summed E-state index contributed by atoms with van der Waals surface area (Å²) in [6, 6.07) is 7.26. The summed E-state index contributed by atoms with van der Waals surface area (Å²) in [4.78, 5) is 31.3. The first-order valence-electron chi connectivity index (χ1n) is 9.01. The Morgan fingerprint density at radius 2 is 2.07 bits per heavy atom. The summed E-state index contributed by atoms with van der Waals surface area (Å²) in [5.41, 5.74) is 1.95. The van der Waals surface area contributed by atoms with Crippen LogP contribution >= 0.6 is 0 Å². The number of H-pyrrole nitrogens is 1. The normalized spacial score (nSPS) is 11.7. The molecule has 0 spiro atoms. The van der Waals surface area contributed by atoms with Crippen molar-refractivity contribution in [2.45, 2.75) is 19.9 Å². The fourth-order valence-electron chi connectivity index (χ4n) is 2.79. The maximum Gasteiger partial charge on any atom is 0.256 e. The van der Waals surface area contributed by atoms with Crippen molar-refractivity contribution < 1.29 is 14.3 Å². The molecule has 3 rings (SSSR count). The van der Waals surface area contributed by atoms with Gasteiger partial charge in [-0.3, -0.25) is 14.6 Å². The minimum atomic E-state index is -0.500. The fraction of sp³-hybridized carbons (Fsp3) is 0.190. The van der Waals surface area contributed by atoms with E-state index in [2.05, 4.69) is 20.6 Å². The first-order chi connectivity index (χ1) is 13.9. The topological polar surface area (TPSA) is 107 Å². The van der Waals surface area contributed by atoms with Gasteiger partial charge in [0.15, 0.2) is 0 Å². The van der Waals surface area contributed by atoms with Crippen LogP contribution in [0.4, 0.5) is 15.8 Å². The van der Waals surface area contributed by atoms with Gasteiger partial charge in [0, 0.05) is 30.2 Å². The summed E-state index contributed by atoms with van der Waals surface area (Å²) in [5.74, 6) is -0.906. The summed E-state index contributed by atoms with van der Waals surface area (Å²) in [7, 11) is 0. The van der Waals surface area contributed by atoms with Crippen molar-refractivity contribution >= 4 is 17.3 Å². The van der Waals surface area contributed by atoms with Crippen LogP contribution in [0.5, 0.6) is 0 Å². The number of amides is 1. The zero-order chi connectivity index (χ0) is 21.0. The SMILES string of the molecule is Cc1ccc(F)c(-c2cc(Nc3ccncc3C(=O)N[C@@H](C)CO)c[nH]c2=O)c1. The highest BCUT2D eigenvalue weighted by molar-refractivity contribution is 6.00. The molecule has 150 valence electrons. The number of pyridine rings is 2. The number of benzene rings is 1. The molecule has 8 heteroatoms. The number of nitrogens with one attached hydrogen (secondary N) is 3. The van der Waals surface area contributed by atoms with E-state index in [0.717, 1.165) is 5.56 Å². The van der Waals surface area contributed by atoms with Gasteiger partial charge in [-0.25, -0.2) is 4.39 Å². The monoisotopic (exact) mass is 396 g/mol. The molecule has 0 fully saturated rings. The highest BCUT2D eigenvalue weighted by atomic mass is 19.1. The number of aromatic amines is 1. The molecule has 0 saturated carbocycles. The highest BCUT2D eigenvalue weighted by Crippen LogP contribution is 2.25. The average molecular weight is 396 g/mol. The zero-order valence-electron chi connectivity index (χ0n) is 16.0. The molecule has 1 aromatic carbocycles. The van der Waals surface area contributed by atoms with Crippen LogP contribution in [-0.4, -0.2) is 33.6 Å². The predicted octanol–water partition coefficient (Wildman–Crippen LogP) is 2.74. The molecule has 2 heterocycles. The van der Waals surface area contributed by atoms with Crippen LogP contribution in [0.3, 0.4) is 0 Å². The smallest absolute Gasteiger partial charge is 0.256 e. The van der Waals surface area contributed by atoms with E-state index in [0.29, 0.717) is 11.4 Å². The number of aryl methyl sites for hydroxylation is 1. The van der Waals surface area contributed by atoms with Gasteiger partial charge in [-0.05, 0) is 38.1 Å². The van der Waals surface area contributed by atoms with Crippen LogP contribution in [0.1, 0.15) is 22.8 Å². The number of aromatic nitrogens is 2. The van der Waals surface area contributed by atoms with E-state index in [1.54, 1.807) is 25.1 Å². The Balaban J connectivity index is 1.96. The number of carbonyl (C=O) groups excluding carboxylic acids is 1. The second-order valence-electron chi connectivity index (χ2n) is 6.72. The average Bonchev–Trinajstić information content (AvgIpc) is 2.71. The molecule has 0 aliphatic heterocycles. The first-order valence-corrected chi connectivity index (χ1v) is 9.01. The molecule has 0 saturated heterocycles. The Hall–Kier alpha value is -3.52. The van der Waals surface area contributed by atoms with Gasteiger partial charge in [-0.2, -0.15) is 0 Å². The van der Waals surface area contributed by atoms with Gasteiger partial charge in [0.2, 0.25) is 0 Å². The van der Waals surface area contributed by atoms with Crippen molar-refractivity contribution in [1.29, 1.82) is 0 Å². The van der Waals surface area contributed by atoms with Crippen molar-refractivity contribution in [1.82, 2.24) is 15.3 Å². The van der Waals surface area contributed by atoms with Gasteiger partial charge in [0.1, 0.15) is 5.82 Å². The van der Waals surface area contributed by atoms with Crippen LogP contribution in [0.2, 0.25) is 0 Å². The summed E-state index contributed by atoms with van der Waals surface area (Å²) in [6.07, 6.45) is 4.36. The molecule has 0 aliphatic rings. The molecule has 0 unspecified atom stereocenters. The molecular weight excluding hydrogens is 375 g/mol. The zero-order valence-corrected chi connectivity index (χ0v) is 16.0. The first kappa shape index (κ1) is 20.2. The van der Waals surface area contributed by atoms with Crippen LogP contribution in [0.15, 0.2) is 53.7 Å². The molecule has 7 nitrogen and oxygen atoms in total. The molecule has 4 N–H and O–H groups in total. The molecule has 0 aliphatic carbocycles. The Bertz CT molecular complexity index is 1100. The molecule has 1 amide bonds. The van der Waals surface area contributed by atoms with E-state index in [4.69, 9.17) is 5.11 Å². The Morgan fingerprint density at radius 1 is 1.28 bits per heavy atom. The number of nitrogens with zero attached hydrogens (tertiary/aromatic N) is 1. The van der Waals surface area contributed by atoms with Gasteiger partial charge in [-0.1, -0.05) is 11.6 Å². The van der Waals surface area contributed by atoms with E-state index >= 15 is 0 Å². The Kier molecular flexibility index (Phi) is 6.04. The van der Waals surface area contributed by atoms with Crippen LogP contribution in [-0.2, 0) is 0 Å². The van der Waals surface area contributed by atoms with E-state index in [1.165, 1.54) is 30.7 Å². The lowest BCUT2D eigenvalue weighted by atomic mass is 10.0. The minimum Gasteiger partial charge on any atom is -0.394 e. The third kappa shape index (κ3) is 4.67. The fourth-order valence-corrected chi connectivity index (χ4v) is 2.79. The molecule has 1 atom stereocenters. The number of anilines is 2. The van der Waals surface area contributed by atoms with Crippen LogP contribution in [0, 0.1) is 12.7 Å². The quantitative estimate of drug-likeness (QED) is 0.513. The third-order valence-electron chi connectivity index (χ3n) is 4.31. The Labute approximate surface area is 166 Å². The molecule has 2 aromatic heterocycles. The highest BCUT2D eigenvalue weighted by Gasteiger charge is 2.15. The standard InChI is InChI=1S/C21H21FN4O3/c1-12-3-4-18(22)15(7-12)16-8-14(9-24-20(16)28)26-19-5-6-23-10-17(19)21(29)25-13(2)11-27/h3-10,13,27H,11H2,1-2H3,(H,23,26)(H,24,28)(H,25,29)/t13-/m0/s1. The summed E-state index contributed by atoms with van der Waals surface area (Å²) in [6.45, 7) is 3.29. The van der Waals surface area contributed by atoms with Gasteiger partial charge < -0.3 is 20.7 Å². The minimum absolute atomic E-state index is 0.171. The second kappa shape index (κ2) is 8.66. The van der Waals surface area contributed by atoms with Gasteiger partial charge in [0.25, 0.3) is 11.5 Å². The van der Waals surface area contributed by atoms with Crippen molar-refractivity contribution in [3.05, 3.63) is 76.2 Å². The number of carbonyl (C=O) groups is 1. The van der Waals surface area contributed by atoms with Gasteiger partial charge in [-0.15, -0.1) is 0 Å². The van der Waals surface area contributed by atoms with Crippen molar-refractivity contribution in [3.8, 4) is 11.1 Å². The lowest BCUT2D eigenvalue weighted by Crippen LogP contribution is -2.35. The second-order valence-corrected chi connectivity index (χ2v) is 6.72. The number of aliphatic hydroxyl groups is 1. The van der Waals surface area contributed by atoms with E-state index in [1.807, 2.05) is 6.92 Å². The maximum atomic E-state index is 14.3. The molecular formula is C21H21FN4O3. The van der Waals surface area contributed by atoms with Crippen molar-refractivity contribution in [2.75, 3.05) is 11.9 Å². The molecule has 3 aromatic rings. The number of hydrogen-bond acceptors (Lipinski definition) is 5. The summed E-state index contributed by atoms with van der Waals surface area (Å²) < 4.78 is 14.3. The lowest BCUT2D eigenvalue weighted by molar-refractivity contribution is 0.0923. The summed E-state index contributed by atoms with van der Waals surface area (Å²) in [5, 5.41) is 14.8. The number of rotatable bonds is 6. The van der Waals surface area contributed by atoms with Crippen LogP contribution in [0.25, 0.3) is 11.1 Å².